The van der Waals surface area contributed by atoms with Crippen molar-refractivity contribution in [1.82, 2.24) is 14.5 Å². The first-order chi connectivity index (χ1) is 18.0. The number of anilines is 2. The van der Waals surface area contributed by atoms with Crippen molar-refractivity contribution in [3.63, 3.8) is 0 Å². The van der Waals surface area contributed by atoms with E-state index in [1.54, 1.807) is 30.5 Å². The van der Waals surface area contributed by atoms with Crippen molar-refractivity contribution in [3.05, 3.63) is 102 Å². The molecule has 0 amide bonds. The average molecular weight is 492 g/mol. The van der Waals surface area contributed by atoms with Crippen LogP contribution in [0.2, 0.25) is 0 Å². The van der Waals surface area contributed by atoms with E-state index < -0.39 is 5.54 Å². The van der Waals surface area contributed by atoms with Gasteiger partial charge < -0.3 is 11.1 Å². The highest BCUT2D eigenvalue weighted by Crippen LogP contribution is 2.46. The molecule has 3 aromatic carbocycles. The Morgan fingerprint density at radius 2 is 1.68 bits per heavy atom. The van der Waals surface area contributed by atoms with Gasteiger partial charge >= 0.3 is 0 Å². The maximum atomic E-state index is 15.6. The molecule has 1 saturated carbocycles. The van der Waals surface area contributed by atoms with Crippen molar-refractivity contribution in [3.8, 4) is 39.6 Å². The van der Waals surface area contributed by atoms with Crippen molar-refractivity contribution >= 4 is 11.5 Å². The number of nitrogens with one attached hydrogen (secondary N) is 1. The molecule has 0 spiro atoms. The molecule has 0 radical (unpaired) electrons. The molecule has 2 aromatic heterocycles. The van der Waals surface area contributed by atoms with Crippen LogP contribution in [0.5, 0.6) is 0 Å². The Labute approximate surface area is 212 Å². The van der Waals surface area contributed by atoms with Gasteiger partial charge in [-0.15, -0.1) is 0 Å². The zero-order valence-electron chi connectivity index (χ0n) is 19.9. The molecule has 3 heterocycles. The monoisotopic (exact) mass is 491 g/mol. The lowest BCUT2D eigenvalue weighted by Gasteiger charge is -2.38. The first kappa shape index (κ1) is 21.9. The summed E-state index contributed by atoms with van der Waals surface area (Å²) >= 11 is 0. The molecule has 1 fully saturated rings. The first-order valence-electron chi connectivity index (χ1n) is 12.3. The van der Waals surface area contributed by atoms with Crippen molar-refractivity contribution in [2.75, 3.05) is 5.32 Å². The van der Waals surface area contributed by atoms with Crippen LogP contribution in [0.3, 0.4) is 0 Å². The van der Waals surface area contributed by atoms with Crippen LogP contribution >= 0.6 is 0 Å². The molecule has 5 aromatic rings. The van der Waals surface area contributed by atoms with E-state index in [1.807, 2.05) is 47.0 Å². The quantitative estimate of drug-likeness (QED) is 0.281. The van der Waals surface area contributed by atoms with Gasteiger partial charge in [0.25, 0.3) is 0 Å². The molecular formula is C30H23F2N5. The van der Waals surface area contributed by atoms with Crippen LogP contribution in [-0.4, -0.2) is 14.5 Å². The third kappa shape index (κ3) is 3.38. The summed E-state index contributed by atoms with van der Waals surface area (Å²) in [6, 6.07) is 23.1. The number of hydrogen-bond donors (Lipinski definition) is 2. The van der Waals surface area contributed by atoms with Crippen LogP contribution in [0.1, 0.15) is 24.8 Å². The zero-order valence-corrected chi connectivity index (χ0v) is 19.9. The number of benzene rings is 3. The number of aromatic nitrogens is 3. The number of nitrogens with zero attached hydrogens (tertiary/aromatic N) is 3. The number of rotatable bonds is 3. The van der Waals surface area contributed by atoms with Crippen molar-refractivity contribution in [2.45, 2.75) is 24.8 Å². The summed E-state index contributed by atoms with van der Waals surface area (Å²) in [5, 5.41) is 3.42. The predicted octanol–water partition coefficient (Wildman–Crippen LogP) is 6.94. The fraction of sp³-hybridized carbons (Fsp3) is 0.133. The fourth-order valence-electron chi connectivity index (χ4n) is 5.39. The lowest BCUT2D eigenvalue weighted by Crippen LogP contribution is -2.44. The minimum atomic E-state index is -0.615. The molecule has 1 aliphatic carbocycles. The van der Waals surface area contributed by atoms with E-state index in [9.17, 15) is 4.39 Å². The van der Waals surface area contributed by atoms with Gasteiger partial charge in [-0.2, -0.15) is 0 Å². The number of nitrogens with two attached hydrogens (primary N) is 1. The van der Waals surface area contributed by atoms with E-state index in [2.05, 4.69) is 10.3 Å². The second-order valence-electron chi connectivity index (χ2n) is 9.72. The van der Waals surface area contributed by atoms with Crippen LogP contribution in [0.4, 0.5) is 20.3 Å². The summed E-state index contributed by atoms with van der Waals surface area (Å²) in [4.78, 5) is 9.67. The number of halogens is 2. The summed E-state index contributed by atoms with van der Waals surface area (Å²) in [6.07, 6.45) is 4.27. The number of imidazole rings is 1. The number of pyridine rings is 1. The second-order valence-corrected chi connectivity index (χ2v) is 9.72. The van der Waals surface area contributed by atoms with Crippen LogP contribution in [-0.2, 0) is 5.54 Å². The molecule has 7 rings (SSSR count). The van der Waals surface area contributed by atoms with Gasteiger partial charge in [0.2, 0.25) is 0 Å². The van der Waals surface area contributed by atoms with Gasteiger partial charge in [0, 0.05) is 34.0 Å². The molecule has 7 heteroatoms. The highest BCUT2D eigenvalue weighted by Gasteiger charge is 2.37. The molecule has 1 aliphatic heterocycles. The van der Waals surface area contributed by atoms with Gasteiger partial charge in [-0.1, -0.05) is 24.3 Å². The van der Waals surface area contributed by atoms with Gasteiger partial charge in [-0.05, 0) is 73.9 Å². The van der Waals surface area contributed by atoms with E-state index in [-0.39, 0.29) is 11.6 Å². The summed E-state index contributed by atoms with van der Waals surface area (Å²) in [5.74, 6) is 0.673. The molecule has 182 valence electrons. The van der Waals surface area contributed by atoms with Crippen molar-refractivity contribution in [2.24, 2.45) is 5.73 Å². The van der Waals surface area contributed by atoms with E-state index in [4.69, 9.17) is 10.7 Å². The van der Waals surface area contributed by atoms with E-state index in [0.717, 1.165) is 41.8 Å². The van der Waals surface area contributed by atoms with Crippen molar-refractivity contribution < 1.29 is 8.78 Å². The summed E-state index contributed by atoms with van der Waals surface area (Å²) < 4.78 is 31.5. The lowest BCUT2D eigenvalue weighted by atomic mass is 9.72. The standard InChI is InChI=1S/C30H23F2N5/c31-20-11-8-18(9-12-20)26-27(19-10-13-22(23(32)17-19)30(33)14-4-15-30)37-25-7-3-16-34-28(25)35-24-6-2-1-5-21(24)29(37)36-26/h1-3,5-13,16-17H,4,14-15,33H2,(H,34,35). The zero-order chi connectivity index (χ0) is 25.1. The number of fused-ring (bicyclic) bond motifs is 5. The summed E-state index contributed by atoms with van der Waals surface area (Å²) in [7, 11) is 0. The van der Waals surface area contributed by atoms with Gasteiger partial charge in [0.15, 0.2) is 5.82 Å². The lowest BCUT2D eigenvalue weighted by molar-refractivity contribution is 0.245. The van der Waals surface area contributed by atoms with Gasteiger partial charge in [-0.3, -0.25) is 4.57 Å². The smallest absolute Gasteiger partial charge is 0.154 e. The highest BCUT2D eigenvalue weighted by molar-refractivity contribution is 5.90. The molecular weight excluding hydrogens is 468 g/mol. The molecule has 37 heavy (non-hydrogen) atoms. The van der Waals surface area contributed by atoms with E-state index in [0.29, 0.717) is 34.2 Å². The first-order valence-corrected chi connectivity index (χ1v) is 12.3. The van der Waals surface area contributed by atoms with E-state index in [1.165, 1.54) is 12.1 Å². The third-order valence-electron chi connectivity index (χ3n) is 7.47. The minimum absolute atomic E-state index is 0.334. The maximum Gasteiger partial charge on any atom is 0.154 e. The summed E-state index contributed by atoms with van der Waals surface area (Å²) in [6.45, 7) is 0. The topological polar surface area (TPSA) is 68.8 Å². The van der Waals surface area contributed by atoms with Gasteiger partial charge in [-0.25, -0.2) is 18.7 Å². The third-order valence-corrected chi connectivity index (χ3v) is 7.47. The van der Waals surface area contributed by atoms with Crippen molar-refractivity contribution in [1.29, 1.82) is 0 Å². The highest BCUT2D eigenvalue weighted by atomic mass is 19.1. The molecule has 0 unspecified atom stereocenters. The van der Waals surface area contributed by atoms with Crippen LogP contribution in [0, 0.1) is 11.6 Å². The molecule has 3 N–H and O–H groups in total. The Balaban J connectivity index is 1.55. The number of hydrogen-bond acceptors (Lipinski definition) is 4. The minimum Gasteiger partial charge on any atom is -0.338 e. The Kier molecular flexibility index (Phi) is 4.78. The normalized spacial score (nSPS) is 15.0. The van der Waals surface area contributed by atoms with Crippen LogP contribution in [0.25, 0.3) is 39.6 Å². The largest absolute Gasteiger partial charge is 0.338 e. The molecule has 0 atom stereocenters. The van der Waals surface area contributed by atoms with Crippen LogP contribution in [0.15, 0.2) is 85.1 Å². The maximum absolute atomic E-state index is 15.6. The average Bonchev–Trinajstić information content (AvgIpc) is 3.22. The summed E-state index contributed by atoms with van der Waals surface area (Å²) in [5.41, 5.74) is 11.6. The predicted molar refractivity (Wildman–Crippen MR) is 141 cm³/mol. The van der Waals surface area contributed by atoms with Gasteiger partial charge in [0.1, 0.15) is 17.5 Å². The van der Waals surface area contributed by atoms with Gasteiger partial charge in [0.05, 0.1) is 22.8 Å². The molecule has 0 bridgehead atoms. The number of para-hydroxylation sites is 1. The fourth-order valence-corrected chi connectivity index (χ4v) is 5.39. The second kappa shape index (κ2) is 8.08. The molecule has 2 aliphatic rings. The Morgan fingerprint density at radius 3 is 2.43 bits per heavy atom. The van der Waals surface area contributed by atoms with Crippen LogP contribution < -0.4 is 11.1 Å². The molecule has 5 nitrogen and oxygen atoms in total. The Hall–Kier alpha value is -4.36. The Bertz CT molecular complexity index is 1670. The Morgan fingerprint density at radius 1 is 0.892 bits per heavy atom. The molecule has 0 saturated heterocycles. The van der Waals surface area contributed by atoms with E-state index >= 15 is 4.39 Å². The SMILES string of the molecule is NC1(c2ccc(-c3c(-c4ccc(F)cc4)nc4n3-c3cccnc3Nc3ccccc3-4)cc2F)CCC1.